The van der Waals surface area contributed by atoms with Crippen molar-refractivity contribution in [3.8, 4) is 0 Å². The SMILES string of the molecule is N/C(=N/O)c1ccccc1COCc1cccc(Br)c1. The van der Waals surface area contributed by atoms with Crippen LogP contribution in [0.4, 0.5) is 0 Å². The van der Waals surface area contributed by atoms with Gasteiger partial charge >= 0.3 is 0 Å². The van der Waals surface area contributed by atoms with E-state index < -0.39 is 0 Å². The molecule has 0 fully saturated rings. The Kier molecular flexibility index (Phi) is 5.15. The Balaban J connectivity index is 2.01. The second-order valence-corrected chi connectivity index (χ2v) is 5.18. The number of halogens is 1. The molecule has 5 heteroatoms. The highest BCUT2D eigenvalue weighted by molar-refractivity contribution is 9.10. The molecule has 0 aliphatic rings. The van der Waals surface area contributed by atoms with Crippen molar-refractivity contribution in [3.63, 3.8) is 0 Å². The highest BCUT2D eigenvalue weighted by Gasteiger charge is 2.06. The van der Waals surface area contributed by atoms with Gasteiger partial charge < -0.3 is 15.7 Å². The largest absolute Gasteiger partial charge is 0.409 e. The summed E-state index contributed by atoms with van der Waals surface area (Å²) in [5.74, 6) is 0.0895. The fraction of sp³-hybridized carbons (Fsp3) is 0.133. The van der Waals surface area contributed by atoms with Crippen LogP contribution in [0.1, 0.15) is 16.7 Å². The molecule has 4 nitrogen and oxygen atoms in total. The molecule has 0 radical (unpaired) electrons. The first-order chi connectivity index (χ1) is 9.70. The monoisotopic (exact) mass is 334 g/mol. The van der Waals surface area contributed by atoms with E-state index in [1.165, 1.54) is 0 Å². The standard InChI is InChI=1S/C15H15BrN2O2/c16-13-6-3-4-11(8-13)9-20-10-12-5-1-2-7-14(12)15(17)18-19/h1-8,19H,9-10H2,(H2,17,18). The Labute approximate surface area is 126 Å². The molecule has 0 aromatic heterocycles. The number of ether oxygens (including phenoxy) is 1. The third-order valence-electron chi connectivity index (χ3n) is 2.82. The van der Waals surface area contributed by atoms with Crippen molar-refractivity contribution in [1.29, 1.82) is 0 Å². The van der Waals surface area contributed by atoms with Crippen molar-refractivity contribution < 1.29 is 9.94 Å². The predicted octanol–water partition coefficient (Wildman–Crippen LogP) is 3.26. The molecule has 3 N–H and O–H groups in total. The molecule has 20 heavy (non-hydrogen) atoms. The smallest absolute Gasteiger partial charge is 0.170 e. The number of nitrogens with zero attached hydrogens (tertiary/aromatic N) is 1. The summed E-state index contributed by atoms with van der Waals surface area (Å²) in [5, 5.41) is 11.8. The average Bonchev–Trinajstić information content (AvgIpc) is 2.47. The van der Waals surface area contributed by atoms with Crippen molar-refractivity contribution in [2.75, 3.05) is 0 Å². The molecule has 0 heterocycles. The van der Waals surface area contributed by atoms with Gasteiger partial charge in [0.1, 0.15) is 0 Å². The second-order valence-electron chi connectivity index (χ2n) is 4.27. The van der Waals surface area contributed by atoms with E-state index >= 15 is 0 Å². The highest BCUT2D eigenvalue weighted by Crippen LogP contribution is 2.14. The lowest BCUT2D eigenvalue weighted by molar-refractivity contribution is 0.107. The van der Waals surface area contributed by atoms with Crippen molar-refractivity contribution in [2.45, 2.75) is 13.2 Å². The number of oxime groups is 1. The minimum atomic E-state index is 0.0895. The number of nitrogens with two attached hydrogens (primary N) is 1. The summed E-state index contributed by atoms with van der Waals surface area (Å²) < 4.78 is 6.71. The van der Waals surface area contributed by atoms with Crippen LogP contribution in [-0.4, -0.2) is 11.0 Å². The number of hydrogen-bond donors (Lipinski definition) is 2. The highest BCUT2D eigenvalue weighted by atomic mass is 79.9. The summed E-state index contributed by atoms with van der Waals surface area (Å²) in [6, 6.07) is 15.4. The number of amidine groups is 1. The van der Waals surface area contributed by atoms with E-state index in [9.17, 15) is 0 Å². The van der Waals surface area contributed by atoms with Gasteiger partial charge in [-0.1, -0.05) is 57.5 Å². The molecule has 0 aliphatic heterocycles. The second kappa shape index (κ2) is 7.07. The van der Waals surface area contributed by atoms with Gasteiger partial charge in [-0.3, -0.25) is 0 Å². The topological polar surface area (TPSA) is 67.8 Å². The van der Waals surface area contributed by atoms with Crippen molar-refractivity contribution >= 4 is 21.8 Å². The van der Waals surface area contributed by atoms with E-state index in [4.69, 9.17) is 15.7 Å². The quantitative estimate of drug-likeness (QED) is 0.381. The van der Waals surface area contributed by atoms with Crippen LogP contribution in [0.2, 0.25) is 0 Å². The van der Waals surface area contributed by atoms with Crippen LogP contribution in [0.5, 0.6) is 0 Å². The summed E-state index contributed by atoms with van der Waals surface area (Å²) in [4.78, 5) is 0. The van der Waals surface area contributed by atoms with E-state index in [1.807, 2.05) is 42.5 Å². The molecule has 0 unspecified atom stereocenters. The maximum Gasteiger partial charge on any atom is 0.170 e. The molecular formula is C15H15BrN2O2. The molecule has 2 aromatic rings. The lowest BCUT2D eigenvalue weighted by Crippen LogP contribution is -2.15. The molecule has 0 aliphatic carbocycles. The summed E-state index contributed by atoms with van der Waals surface area (Å²) in [5.41, 5.74) is 8.29. The van der Waals surface area contributed by atoms with Crippen molar-refractivity contribution in [3.05, 3.63) is 69.7 Å². The van der Waals surface area contributed by atoms with Gasteiger partial charge in [0.25, 0.3) is 0 Å². The first kappa shape index (κ1) is 14.6. The van der Waals surface area contributed by atoms with E-state index in [0.29, 0.717) is 18.8 Å². The predicted molar refractivity (Wildman–Crippen MR) is 81.6 cm³/mol. The molecule has 0 saturated heterocycles. The lowest BCUT2D eigenvalue weighted by Gasteiger charge is -2.09. The van der Waals surface area contributed by atoms with E-state index in [0.717, 1.165) is 15.6 Å². The first-order valence-electron chi connectivity index (χ1n) is 6.08. The Morgan fingerprint density at radius 2 is 1.95 bits per heavy atom. The molecular weight excluding hydrogens is 320 g/mol. The lowest BCUT2D eigenvalue weighted by atomic mass is 10.1. The number of benzene rings is 2. The maximum atomic E-state index is 8.76. The van der Waals surface area contributed by atoms with E-state index in [2.05, 4.69) is 21.1 Å². The van der Waals surface area contributed by atoms with Crippen LogP contribution in [0.25, 0.3) is 0 Å². The summed E-state index contributed by atoms with van der Waals surface area (Å²) in [7, 11) is 0. The van der Waals surface area contributed by atoms with Gasteiger partial charge in [0, 0.05) is 10.0 Å². The number of hydrogen-bond acceptors (Lipinski definition) is 3. The van der Waals surface area contributed by atoms with Gasteiger partial charge in [-0.15, -0.1) is 0 Å². The Bertz CT molecular complexity index is 614. The van der Waals surface area contributed by atoms with E-state index in [1.54, 1.807) is 6.07 Å². The normalized spacial score (nSPS) is 11.6. The zero-order valence-electron chi connectivity index (χ0n) is 10.8. The van der Waals surface area contributed by atoms with Gasteiger partial charge in [0.2, 0.25) is 0 Å². The molecule has 0 saturated carbocycles. The Hall–Kier alpha value is -1.85. The van der Waals surface area contributed by atoms with Crippen LogP contribution >= 0.6 is 15.9 Å². The minimum absolute atomic E-state index is 0.0895. The fourth-order valence-corrected chi connectivity index (χ4v) is 2.30. The van der Waals surface area contributed by atoms with E-state index in [-0.39, 0.29) is 5.84 Å². The first-order valence-corrected chi connectivity index (χ1v) is 6.88. The molecule has 0 spiro atoms. The maximum absolute atomic E-state index is 8.76. The van der Waals surface area contributed by atoms with Crippen LogP contribution < -0.4 is 5.73 Å². The van der Waals surface area contributed by atoms with Crippen LogP contribution in [0, 0.1) is 0 Å². The van der Waals surface area contributed by atoms with Crippen LogP contribution in [0.15, 0.2) is 58.2 Å². The number of rotatable bonds is 5. The molecule has 0 amide bonds. The summed E-state index contributed by atoms with van der Waals surface area (Å²) in [6.07, 6.45) is 0. The fourth-order valence-electron chi connectivity index (χ4n) is 1.86. The summed E-state index contributed by atoms with van der Waals surface area (Å²) in [6.45, 7) is 0.906. The third-order valence-corrected chi connectivity index (χ3v) is 3.31. The Morgan fingerprint density at radius 1 is 1.15 bits per heavy atom. The molecule has 2 aromatic carbocycles. The van der Waals surface area contributed by atoms with Gasteiger partial charge in [0.15, 0.2) is 5.84 Å². The van der Waals surface area contributed by atoms with Gasteiger partial charge in [-0.25, -0.2) is 0 Å². The molecule has 104 valence electrons. The zero-order valence-corrected chi connectivity index (χ0v) is 12.4. The molecule has 0 bridgehead atoms. The van der Waals surface area contributed by atoms with Crippen molar-refractivity contribution in [1.82, 2.24) is 0 Å². The van der Waals surface area contributed by atoms with Crippen LogP contribution in [0.3, 0.4) is 0 Å². The Morgan fingerprint density at radius 3 is 2.70 bits per heavy atom. The van der Waals surface area contributed by atoms with Gasteiger partial charge in [-0.05, 0) is 23.3 Å². The average molecular weight is 335 g/mol. The summed E-state index contributed by atoms with van der Waals surface area (Å²) >= 11 is 3.42. The van der Waals surface area contributed by atoms with Crippen molar-refractivity contribution in [2.24, 2.45) is 10.9 Å². The third kappa shape index (κ3) is 3.82. The van der Waals surface area contributed by atoms with Gasteiger partial charge in [0.05, 0.1) is 13.2 Å². The molecule has 2 rings (SSSR count). The zero-order chi connectivity index (χ0) is 14.4. The van der Waals surface area contributed by atoms with Crippen LogP contribution in [-0.2, 0) is 18.0 Å². The molecule has 0 atom stereocenters. The van der Waals surface area contributed by atoms with Gasteiger partial charge in [-0.2, -0.15) is 0 Å². The minimum Gasteiger partial charge on any atom is -0.409 e.